The lowest BCUT2D eigenvalue weighted by Gasteiger charge is -2.16. The van der Waals surface area contributed by atoms with Gasteiger partial charge in [-0.15, -0.1) is 0 Å². The number of likely N-dealkylation sites (tertiary alicyclic amines) is 1. The number of pyridine rings is 1. The molecule has 0 spiro atoms. The summed E-state index contributed by atoms with van der Waals surface area (Å²) in [6.07, 6.45) is 2.08. The summed E-state index contributed by atoms with van der Waals surface area (Å²) in [6, 6.07) is 7.39. The van der Waals surface area contributed by atoms with Crippen LogP contribution >= 0.6 is 0 Å². The molecule has 2 aromatic heterocycles. The smallest absolute Gasteiger partial charge is 0.259 e. The highest BCUT2D eigenvalue weighted by atomic mass is 16.7. The van der Waals surface area contributed by atoms with Crippen molar-refractivity contribution in [3.63, 3.8) is 0 Å². The lowest BCUT2D eigenvalue weighted by molar-refractivity contribution is 0.0794. The molecule has 1 amide bonds. The van der Waals surface area contributed by atoms with Crippen molar-refractivity contribution in [2.75, 3.05) is 19.9 Å². The molecule has 1 saturated heterocycles. The highest BCUT2D eigenvalue weighted by molar-refractivity contribution is 6.09. The van der Waals surface area contributed by atoms with E-state index in [1.807, 2.05) is 36.1 Å². The summed E-state index contributed by atoms with van der Waals surface area (Å²) in [5.74, 6) is 1.36. The van der Waals surface area contributed by atoms with Gasteiger partial charge in [0.2, 0.25) is 6.79 Å². The van der Waals surface area contributed by atoms with Crippen LogP contribution < -0.4 is 9.47 Å². The maximum atomic E-state index is 13.1. The van der Waals surface area contributed by atoms with Crippen molar-refractivity contribution < 1.29 is 18.8 Å². The number of rotatable bonds is 2. The molecule has 1 fully saturated rings. The molecule has 0 radical (unpaired) electrons. The summed E-state index contributed by atoms with van der Waals surface area (Å²) >= 11 is 0. The van der Waals surface area contributed by atoms with Gasteiger partial charge in [-0.1, -0.05) is 5.16 Å². The molecular weight excluding hydrogens is 334 g/mol. The topological polar surface area (TPSA) is 77.7 Å². The minimum atomic E-state index is 0.00296. The number of carbonyl (C=O) groups excluding carboxylic acids is 1. The summed E-state index contributed by atoms with van der Waals surface area (Å²) in [7, 11) is 0. The first-order valence-corrected chi connectivity index (χ1v) is 8.67. The van der Waals surface area contributed by atoms with Gasteiger partial charge in [0.25, 0.3) is 11.6 Å². The zero-order valence-electron chi connectivity index (χ0n) is 14.3. The summed E-state index contributed by atoms with van der Waals surface area (Å²) in [4.78, 5) is 19.4. The van der Waals surface area contributed by atoms with Crippen LogP contribution in [0.1, 0.15) is 28.9 Å². The van der Waals surface area contributed by atoms with Crippen molar-refractivity contribution in [2.24, 2.45) is 0 Å². The Balaban J connectivity index is 1.68. The normalized spacial score (nSPS) is 15.8. The van der Waals surface area contributed by atoms with Crippen LogP contribution in [0.25, 0.3) is 22.4 Å². The largest absolute Gasteiger partial charge is 0.454 e. The minimum Gasteiger partial charge on any atom is -0.454 e. The van der Waals surface area contributed by atoms with Gasteiger partial charge in [0, 0.05) is 24.3 Å². The van der Waals surface area contributed by atoms with Crippen LogP contribution in [-0.4, -0.2) is 40.8 Å². The predicted molar refractivity (Wildman–Crippen MR) is 93.2 cm³/mol. The third-order valence-electron chi connectivity index (χ3n) is 4.84. The Morgan fingerprint density at radius 2 is 1.92 bits per heavy atom. The van der Waals surface area contributed by atoms with Gasteiger partial charge in [-0.25, -0.2) is 4.98 Å². The summed E-state index contributed by atoms with van der Waals surface area (Å²) in [6.45, 7) is 3.62. The number of fused-ring (bicyclic) bond motifs is 2. The van der Waals surface area contributed by atoms with E-state index >= 15 is 0 Å². The van der Waals surface area contributed by atoms with Crippen molar-refractivity contribution in [1.82, 2.24) is 15.0 Å². The predicted octanol–water partition coefficient (Wildman–Crippen LogP) is 3.16. The van der Waals surface area contributed by atoms with E-state index in [-0.39, 0.29) is 12.7 Å². The second-order valence-corrected chi connectivity index (χ2v) is 6.59. The Morgan fingerprint density at radius 1 is 1.12 bits per heavy atom. The fourth-order valence-electron chi connectivity index (χ4n) is 3.57. The first kappa shape index (κ1) is 15.2. The maximum absolute atomic E-state index is 13.1. The van der Waals surface area contributed by atoms with Crippen LogP contribution in [0.2, 0.25) is 0 Å². The van der Waals surface area contributed by atoms with Crippen LogP contribution in [-0.2, 0) is 0 Å². The van der Waals surface area contributed by atoms with E-state index in [0.29, 0.717) is 33.9 Å². The lowest BCUT2D eigenvalue weighted by Crippen LogP contribution is -2.28. The molecule has 3 aromatic rings. The molecule has 0 aliphatic carbocycles. The van der Waals surface area contributed by atoms with Crippen molar-refractivity contribution in [2.45, 2.75) is 19.8 Å². The number of aryl methyl sites for hydroxylation is 1. The third kappa shape index (κ3) is 2.31. The maximum Gasteiger partial charge on any atom is 0.259 e. The van der Waals surface area contributed by atoms with Gasteiger partial charge in [0.15, 0.2) is 11.5 Å². The number of carbonyl (C=O) groups is 1. The molecule has 2 aliphatic heterocycles. The number of nitrogens with zero attached hydrogens (tertiary/aromatic N) is 3. The first-order valence-electron chi connectivity index (χ1n) is 8.67. The molecule has 0 N–H and O–H groups in total. The van der Waals surface area contributed by atoms with E-state index < -0.39 is 0 Å². The van der Waals surface area contributed by atoms with Crippen LogP contribution in [0.5, 0.6) is 11.5 Å². The Hall–Kier alpha value is -3.09. The van der Waals surface area contributed by atoms with Crippen LogP contribution in [0, 0.1) is 6.92 Å². The van der Waals surface area contributed by atoms with Crippen LogP contribution in [0.3, 0.4) is 0 Å². The van der Waals surface area contributed by atoms with Crippen LogP contribution in [0.4, 0.5) is 0 Å². The fraction of sp³-hybridized carbons (Fsp3) is 0.316. The molecule has 132 valence electrons. The monoisotopic (exact) mass is 351 g/mol. The molecule has 26 heavy (non-hydrogen) atoms. The average Bonchev–Trinajstić information content (AvgIpc) is 3.38. The summed E-state index contributed by atoms with van der Waals surface area (Å²) in [5, 5.41) is 4.84. The Kier molecular flexibility index (Phi) is 3.34. The van der Waals surface area contributed by atoms with Crippen molar-refractivity contribution in [3.05, 3.63) is 35.5 Å². The van der Waals surface area contributed by atoms with Gasteiger partial charge < -0.3 is 18.9 Å². The quantitative estimate of drug-likeness (QED) is 0.706. The number of hydrogen-bond donors (Lipinski definition) is 0. The Labute approximate surface area is 149 Å². The molecule has 1 aromatic carbocycles. The number of benzene rings is 1. The van der Waals surface area contributed by atoms with E-state index in [9.17, 15) is 4.79 Å². The van der Waals surface area contributed by atoms with Crippen molar-refractivity contribution >= 4 is 17.0 Å². The van der Waals surface area contributed by atoms with E-state index in [2.05, 4.69) is 10.1 Å². The molecule has 0 atom stereocenters. The number of hydrogen-bond acceptors (Lipinski definition) is 6. The molecule has 2 aliphatic rings. The Bertz CT molecular complexity index is 1020. The molecule has 7 heteroatoms. The third-order valence-corrected chi connectivity index (χ3v) is 4.84. The highest BCUT2D eigenvalue weighted by Crippen LogP contribution is 2.38. The molecule has 0 saturated carbocycles. The minimum absolute atomic E-state index is 0.00296. The van der Waals surface area contributed by atoms with Gasteiger partial charge in [-0.05, 0) is 44.0 Å². The molecule has 0 unspecified atom stereocenters. The second-order valence-electron chi connectivity index (χ2n) is 6.59. The van der Waals surface area contributed by atoms with Crippen LogP contribution in [0.15, 0.2) is 28.8 Å². The molecule has 0 bridgehead atoms. The van der Waals surface area contributed by atoms with Gasteiger partial charge in [0.1, 0.15) is 5.69 Å². The summed E-state index contributed by atoms with van der Waals surface area (Å²) < 4.78 is 16.3. The molecule has 5 rings (SSSR count). The average molecular weight is 351 g/mol. The van der Waals surface area contributed by atoms with Gasteiger partial charge in [-0.3, -0.25) is 4.79 Å². The fourth-order valence-corrected chi connectivity index (χ4v) is 3.57. The van der Waals surface area contributed by atoms with Crippen molar-refractivity contribution in [3.8, 4) is 22.8 Å². The van der Waals surface area contributed by atoms with Gasteiger partial charge in [-0.2, -0.15) is 0 Å². The van der Waals surface area contributed by atoms with Gasteiger partial charge >= 0.3 is 0 Å². The lowest BCUT2D eigenvalue weighted by atomic mass is 10.0. The number of aromatic nitrogens is 2. The molecule has 4 heterocycles. The molecular formula is C19H17N3O4. The van der Waals surface area contributed by atoms with E-state index in [0.717, 1.165) is 37.2 Å². The zero-order chi connectivity index (χ0) is 17.7. The first-order chi connectivity index (χ1) is 12.7. The number of ether oxygens (including phenoxy) is 2. The number of amides is 1. The molecule has 7 nitrogen and oxygen atoms in total. The van der Waals surface area contributed by atoms with E-state index in [4.69, 9.17) is 14.0 Å². The van der Waals surface area contributed by atoms with Gasteiger partial charge in [0.05, 0.1) is 10.9 Å². The van der Waals surface area contributed by atoms with E-state index in [1.54, 1.807) is 0 Å². The van der Waals surface area contributed by atoms with E-state index in [1.165, 1.54) is 0 Å². The second kappa shape index (κ2) is 5.72. The Morgan fingerprint density at radius 3 is 2.77 bits per heavy atom. The summed E-state index contributed by atoms with van der Waals surface area (Å²) in [5.41, 5.74) is 3.08. The SMILES string of the molecule is Cc1cc(C(=O)N2CCCC2)c2c(-c3ccc4c(c3)OCO4)noc2n1. The standard InChI is InChI=1S/C19H17N3O4/c1-11-8-13(19(23)22-6-2-3-7-22)16-17(21-26-18(16)20-11)12-4-5-14-15(9-12)25-10-24-14/h4-5,8-9H,2-3,6-7,10H2,1H3. The zero-order valence-corrected chi connectivity index (χ0v) is 14.3. The highest BCUT2D eigenvalue weighted by Gasteiger charge is 2.26. The van der Waals surface area contributed by atoms with Crippen molar-refractivity contribution in [1.29, 1.82) is 0 Å².